The van der Waals surface area contributed by atoms with Crippen LogP contribution in [0.4, 0.5) is 5.82 Å². The van der Waals surface area contributed by atoms with Crippen LogP contribution >= 0.6 is 0 Å². The smallest absolute Gasteiger partial charge is 0.126 e. The SMILES string of the molecule is Cc1cccc(NC2CCN(CCN3CCOC[C@@H]3C)CC2)n1. The summed E-state index contributed by atoms with van der Waals surface area (Å²) in [6, 6.07) is 7.31. The highest BCUT2D eigenvalue weighted by atomic mass is 16.5. The monoisotopic (exact) mass is 318 g/mol. The number of aryl methyl sites for hydroxylation is 1. The maximum atomic E-state index is 5.51. The first-order valence-corrected chi connectivity index (χ1v) is 8.95. The summed E-state index contributed by atoms with van der Waals surface area (Å²) in [4.78, 5) is 9.71. The van der Waals surface area contributed by atoms with Gasteiger partial charge in [0, 0.05) is 50.5 Å². The van der Waals surface area contributed by atoms with Gasteiger partial charge in [0.05, 0.1) is 13.2 Å². The Morgan fingerprint density at radius 3 is 2.78 bits per heavy atom. The van der Waals surface area contributed by atoms with Gasteiger partial charge in [0.15, 0.2) is 0 Å². The fraction of sp³-hybridized carbons (Fsp3) is 0.722. The lowest BCUT2D eigenvalue weighted by Gasteiger charge is -2.37. The minimum Gasteiger partial charge on any atom is -0.379 e. The molecule has 2 fully saturated rings. The maximum Gasteiger partial charge on any atom is 0.126 e. The molecule has 0 bridgehead atoms. The van der Waals surface area contributed by atoms with Gasteiger partial charge in [0.1, 0.15) is 5.82 Å². The molecule has 2 saturated heterocycles. The van der Waals surface area contributed by atoms with Crippen molar-refractivity contribution in [1.29, 1.82) is 0 Å². The number of hydrogen-bond acceptors (Lipinski definition) is 5. The first-order valence-electron chi connectivity index (χ1n) is 8.95. The Morgan fingerprint density at radius 2 is 2.04 bits per heavy atom. The fourth-order valence-electron chi connectivity index (χ4n) is 3.50. The average Bonchev–Trinajstić information content (AvgIpc) is 2.56. The van der Waals surface area contributed by atoms with Crippen LogP contribution < -0.4 is 5.32 Å². The van der Waals surface area contributed by atoms with Gasteiger partial charge in [0.25, 0.3) is 0 Å². The molecule has 0 unspecified atom stereocenters. The summed E-state index contributed by atoms with van der Waals surface area (Å²) < 4.78 is 5.51. The minimum atomic E-state index is 0.558. The third-order valence-corrected chi connectivity index (χ3v) is 5.04. The summed E-state index contributed by atoms with van der Waals surface area (Å²) in [5.41, 5.74) is 1.08. The number of aromatic nitrogens is 1. The Morgan fingerprint density at radius 1 is 1.22 bits per heavy atom. The molecule has 3 heterocycles. The van der Waals surface area contributed by atoms with Crippen LogP contribution in [0.1, 0.15) is 25.5 Å². The van der Waals surface area contributed by atoms with Gasteiger partial charge in [-0.3, -0.25) is 4.90 Å². The van der Waals surface area contributed by atoms with Gasteiger partial charge in [0.2, 0.25) is 0 Å². The molecule has 0 aromatic carbocycles. The summed E-state index contributed by atoms with van der Waals surface area (Å²) in [6.45, 7) is 11.9. The second kappa shape index (κ2) is 8.08. The van der Waals surface area contributed by atoms with E-state index in [1.807, 2.05) is 13.0 Å². The number of nitrogens with one attached hydrogen (secondary N) is 1. The predicted molar refractivity (Wildman–Crippen MR) is 93.9 cm³/mol. The van der Waals surface area contributed by atoms with Crippen LogP contribution in [0.25, 0.3) is 0 Å². The van der Waals surface area contributed by atoms with E-state index in [9.17, 15) is 0 Å². The van der Waals surface area contributed by atoms with Gasteiger partial charge in [-0.15, -0.1) is 0 Å². The van der Waals surface area contributed by atoms with Crippen LogP contribution in [0.5, 0.6) is 0 Å². The third-order valence-electron chi connectivity index (χ3n) is 5.04. The van der Waals surface area contributed by atoms with E-state index in [0.717, 1.165) is 31.3 Å². The van der Waals surface area contributed by atoms with Crippen LogP contribution in [-0.4, -0.2) is 72.8 Å². The molecule has 0 spiro atoms. The van der Waals surface area contributed by atoms with E-state index >= 15 is 0 Å². The van der Waals surface area contributed by atoms with Crippen LogP contribution in [0.3, 0.4) is 0 Å². The molecule has 5 heteroatoms. The van der Waals surface area contributed by atoms with Gasteiger partial charge in [-0.05, 0) is 38.8 Å². The zero-order valence-corrected chi connectivity index (χ0v) is 14.5. The van der Waals surface area contributed by atoms with Crippen molar-refractivity contribution in [2.75, 3.05) is 51.3 Å². The molecule has 2 aliphatic heterocycles. The number of hydrogen-bond donors (Lipinski definition) is 1. The van der Waals surface area contributed by atoms with Gasteiger partial charge in [-0.1, -0.05) is 6.07 Å². The van der Waals surface area contributed by atoms with Crippen LogP contribution in [0, 0.1) is 6.92 Å². The van der Waals surface area contributed by atoms with Gasteiger partial charge < -0.3 is 15.0 Å². The molecule has 3 rings (SSSR count). The van der Waals surface area contributed by atoms with E-state index in [1.165, 1.54) is 39.0 Å². The van der Waals surface area contributed by atoms with Crippen molar-refractivity contribution in [3.63, 3.8) is 0 Å². The summed E-state index contributed by atoms with van der Waals surface area (Å²) >= 11 is 0. The number of ether oxygens (including phenoxy) is 1. The molecular weight excluding hydrogens is 288 g/mol. The average molecular weight is 318 g/mol. The fourth-order valence-corrected chi connectivity index (χ4v) is 3.50. The van der Waals surface area contributed by atoms with E-state index in [-0.39, 0.29) is 0 Å². The minimum absolute atomic E-state index is 0.558. The normalized spacial score (nSPS) is 24.7. The van der Waals surface area contributed by atoms with Crippen molar-refractivity contribution in [2.45, 2.75) is 38.8 Å². The molecule has 1 aromatic rings. The topological polar surface area (TPSA) is 40.6 Å². The molecule has 0 saturated carbocycles. The Bertz CT molecular complexity index is 488. The molecule has 1 aromatic heterocycles. The van der Waals surface area contributed by atoms with E-state index in [0.29, 0.717) is 12.1 Å². The molecule has 23 heavy (non-hydrogen) atoms. The largest absolute Gasteiger partial charge is 0.379 e. The number of nitrogens with zero attached hydrogens (tertiary/aromatic N) is 3. The molecule has 0 amide bonds. The lowest BCUT2D eigenvalue weighted by atomic mass is 10.0. The van der Waals surface area contributed by atoms with Crippen LogP contribution in [-0.2, 0) is 4.74 Å². The molecular formula is C18H30N4O. The zero-order chi connectivity index (χ0) is 16.1. The first kappa shape index (κ1) is 16.7. The second-order valence-electron chi connectivity index (χ2n) is 6.88. The lowest BCUT2D eigenvalue weighted by molar-refractivity contribution is -0.00476. The summed E-state index contributed by atoms with van der Waals surface area (Å²) in [5, 5.41) is 3.59. The number of rotatable bonds is 5. The summed E-state index contributed by atoms with van der Waals surface area (Å²) in [7, 11) is 0. The molecule has 128 valence electrons. The van der Waals surface area contributed by atoms with Crippen molar-refractivity contribution in [1.82, 2.24) is 14.8 Å². The number of anilines is 1. The van der Waals surface area contributed by atoms with E-state index in [4.69, 9.17) is 4.74 Å². The van der Waals surface area contributed by atoms with Crippen LogP contribution in [0.15, 0.2) is 18.2 Å². The van der Waals surface area contributed by atoms with Crippen molar-refractivity contribution in [3.05, 3.63) is 23.9 Å². The molecule has 2 aliphatic rings. The van der Waals surface area contributed by atoms with Crippen molar-refractivity contribution < 1.29 is 4.74 Å². The van der Waals surface area contributed by atoms with Crippen molar-refractivity contribution in [3.8, 4) is 0 Å². The van der Waals surface area contributed by atoms with Gasteiger partial charge >= 0.3 is 0 Å². The first-order chi connectivity index (χ1) is 11.2. The molecule has 0 aliphatic carbocycles. The summed E-state index contributed by atoms with van der Waals surface area (Å²) in [6.07, 6.45) is 2.41. The molecule has 5 nitrogen and oxygen atoms in total. The van der Waals surface area contributed by atoms with Crippen molar-refractivity contribution >= 4 is 5.82 Å². The van der Waals surface area contributed by atoms with Gasteiger partial charge in [-0.2, -0.15) is 0 Å². The van der Waals surface area contributed by atoms with Crippen LogP contribution in [0.2, 0.25) is 0 Å². The Kier molecular flexibility index (Phi) is 5.86. The summed E-state index contributed by atoms with van der Waals surface area (Å²) in [5.74, 6) is 1.02. The van der Waals surface area contributed by atoms with Gasteiger partial charge in [-0.25, -0.2) is 4.98 Å². The van der Waals surface area contributed by atoms with E-state index < -0.39 is 0 Å². The number of likely N-dealkylation sites (tertiary alicyclic amines) is 1. The van der Waals surface area contributed by atoms with Crippen molar-refractivity contribution in [2.24, 2.45) is 0 Å². The Hall–Kier alpha value is -1.17. The Balaban J connectivity index is 1.38. The highest BCUT2D eigenvalue weighted by Gasteiger charge is 2.22. The Labute approximate surface area is 140 Å². The molecule has 1 atom stereocenters. The van der Waals surface area contributed by atoms with E-state index in [2.05, 4.69) is 39.2 Å². The predicted octanol–water partition coefficient (Wildman–Crippen LogP) is 1.99. The number of piperidine rings is 1. The maximum absolute atomic E-state index is 5.51. The zero-order valence-electron chi connectivity index (χ0n) is 14.5. The quantitative estimate of drug-likeness (QED) is 0.899. The lowest BCUT2D eigenvalue weighted by Crippen LogP contribution is -2.48. The number of pyridine rings is 1. The molecule has 1 N–H and O–H groups in total. The standard InChI is InChI=1S/C18H30N4O/c1-15-4-3-5-18(19-15)20-17-6-8-21(9-7-17)10-11-22-12-13-23-14-16(22)2/h3-5,16-17H,6-14H2,1-2H3,(H,19,20)/t16-/m0/s1. The van der Waals surface area contributed by atoms with E-state index in [1.54, 1.807) is 0 Å². The molecule has 0 radical (unpaired) electrons. The third kappa shape index (κ3) is 4.90. The second-order valence-corrected chi connectivity index (χ2v) is 6.88. The number of morpholine rings is 1. The highest BCUT2D eigenvalue weighted by Crippen LogP contribution is 2.16. The highest BCUT2D eigenvalue weighted by molar-refractivity contribution is 5.36.